The van der Waals surface area contributed by atoms with E-state index in [1.807, 2.05) is 54.6 Å². The molecule has 0 heterocycles. The van der Waals surface area contributed by atoms with Gasteiger partial charge in [-0.2, -0.15) is 0 Å². The van der Waals surface area contributed by atoms with Crippen LogP contribution in [0.3, 0.4) is 0 Å². The molecule has 0 fully saturated rings. The maximum absolute atomic E-state index is 11.7. The van der Waals surface area contributed by atoms with Gasteiger partial charge in [-0.1, -0.05) is 48.0 Å². The lowest BCUT2D eigenvalue weighted by Crippen LogP contribution is -2.28. The number of hydrogen-bond acceptors (Lipinski definition) is 2. The molecule has 0 spiro atoms. The van der Waals surface area contributed by atoms with Crippen molar-refractivity contribution >= 4 is 17.5 Å². The molecule has 2 aromatic rings. The summed E-state index contributed by atoms with van der Waals surface area (Å²) >= 11 is 6.05. The second-order valence-corrected chi connectivity index (χ2v) is 5.01. The molecule has 2 rings (SSSR count). The van der Waals surface area contributed by atoms with E-state index in [4.69, 9.17) is 16.3 Å². The van der Waals surface area contributed by atoms with Gasteiger partial charge in [0.15, 0.2) is 0 Å². The Morgan fingerprint density at radius 2 is 1.76 bits per heavy atom. The second kappa shape index (κ2) is 8.32. The molecule has 0 aliphatic carbocycles. The van der Waals surface area contributed by atoms with Crippen LogP contribution in [0.5, 0.6) is 5.75 Å². The molecule has 3 nitrogen and oxygen atoms in total. The molecular weight excluding hydrogens is 286 g/mol. The molecule has 0 unspecified atom stereocenters. The summed E-state index contributed by atoms with van der Waals surface area (Å²) in [4.78, 5) is 11.7. The zero-order valence-corrected chi connectivity index (χ0v) is 12.5. The first kappa shape index (κ1) is 15.4. The van der Waals surface area contributed by atoms with Gasteiger partial charge in [-0.05, 0) is 30.2 Å². The van der Waals surface area contributed by atoms with Gasteiger partial charge in [-0.3, -0.25) is 4.79 Å². The minimum Gasteiger partial charge on any atom is -0.492 e. The fourth-order valence-corrected chi connectivity index (χ4v) is 2.14. The van der Waals surface area contributed by atoms with Gasteiger partial charge in [0.2, 0.25) is 5.91 Å². The zero-order valence-electron chi connectivity index (χ0n) is 11.7. The number of amides is 1. The maximum Gasteiger partial charge on any atom is 0.220 e. The highest BCUT2D eigenvalue weighted by Crippen LogP contribution is 2.16. The third-order valence-corrected chi connectivity index (χ3v) is 3.38. The van der Waals surface area contributed by atoms with Crippen LogP contribution in [0.15, 0.2) is 54.6 Å². The average molecular weight is 304 g/mol. The fourth-order valence-electron chi connectivity index (χ4n) is 1.91. The van der Waals surface area contributed by atoms with Gasteiger partial charge in [0.1, 0.15) is 12.4 Å². The Hall–Kier alpha value is -2.00. The van der Waals surface area contributed by atoms with E-state index in [0.717, 1.165) is 11.3 Å². The number of carbonyl (C=O) groups is 1. The summed E-state index contributed by atoms with van der Waals surface area (Å²) in [7, 11) is 0. The molecule has 0 saturated heterocycles. The van der Waals surface area contributed by atoms with Crippen LogP contribution in [0.2, 0.25) is 5.02 Å². The average Bonchev–Trinajstić information content (AvgIpc) is 2.52. The van der Waals surface area contributed by atoms with Crippen molar-refractivity contribution in [3.8, 4) is 5.75 Å². The van der Waals surface area contributed by atoms with Crippen molar-refractivity contribution in [1.82, 2.24) is 5.32 Å². The molecule has 0 atom stereocenters. The van der Waals surface area contributed by atoms with Gasteiger partial charge in [0, 0.05) is 11.4 Å². The number of nitrogens with one attached hydrogen (secondary N) is 1. The number of carbonyl (C=O) groups excluding carboxylic acids is 1. The SMILES string of the molecule is O=C(CCc1ccccc1Cl)NCCOc1ccccc1. The van der Waals surface area contributed by atoms with Crippen LogP contribution in [0.25, 0.3) is 0 Å². The Morgan fingerprint density at radius 1 is 1.05 bits per heavy atom. The summed E-state index contributed by atoms with van der Waals surface area (Å²) in [6, 6.07) is 17.1. The Labute approximate surface area is 129 Å². The largest absolute Gasteiger partial charge is 0.492 e. The van der Waals surface area contributed by atoms with Gasteiger partial charge < -0.3 is 10.1 Å². The van der Waals surface area contributed by atoms with Crippen LogP contribution in [0.4, 0.5) is 0 Å². The van der Waals surface area contributed by atoms with Crippen molar-refractivity contribution < 1.29 is 9.53 Å². The quantitative estimate of drug-likeness (QED) is 0.795. The number of para-hydroxylation sites is 1. The van der Waals surface area contributed by atoms with E-state index in [9.17, 15) is 4.79 Å². The molecule has 0 aliphatic rings. The van der Waals surface area contributed by atoms with Gasteiger partial charge in [-0.15, -0.1) is 0 Å². The standard InChI is InChI=1S/C17H18ClNO2/c18-16-9-5-4-6-14(16)10-11-17(20)19-12-13-21-15-7-2-1-3-8-15/h1-9H,10-13H2,(H,19,20). The smallest absolute Gasteiger partial charge is 0.220 e. The molecule has 1 N–H and O–H groups in total. The van der Waals surface area contributed by atoms with Gasteiger partial charge >= 0.3 is 0 Å². The highest BCUT2D eigenvalue weighted by molar-refractivity contribution is 6.31. The third kappa shape index (κ3) is 5.48. The Kier molecular flexibility index (Phi) is 6.10. The number of rotatable bonds is 7. The van der Waals surface area contributed by atoms with E-state index in [1.165, 1.54) is 0 Å². The van der Waals surface area contributed by atoms with Crippen molar-refractivity contribution in [2.24, 2.45) is 0 Å². The van der Waals surface area contributed by atoms with E-state index in [0.29, 0.717) is 31.0 Å². The predicted octanol–water partition coefficient (Wildman–Crippen LogP) is 3.47. The summed E-state index contributed by atoms with van der Waals surface area (Å²) in [5, 5.41) is 3.54. The molecule has 0 aromatic heterocycles. The van der Waals surface area contributed by atoms with E-state index in [2.05, 4.69) is 5.32 Å². The van der Waals surface area contributed by atoms with Crippen molar-refractivity contribution in [3.05, 3.63) is 65.2 Å². The molecule has 0 radical (unpaired) electrons. The van der Waals surface area contributed by atoms with Crippen molar-refractivity contribution in [3.63, 3.8) is 0 Å². The first-order valence-corrected chi connectivity index (χ1v) is 7.31. The molecule has 21 heavy (non-hydrogen) atoms. The monoisotopic (exact) mass is 303 g/mol. The van der Waals surface area contributed by atoms with Crippen molar-refractivity contribution in [2.45, 2.75) is 12.8 Å². The lowest BCUT2D eigenvalue weighted by Gasteiger charge is -2.08. The van der Waals surface area contributed by atoms with E-state index in [1.54, 1.807) is 0 Å². The van der Waals surface area contributed by atoms with Gasteiger partial charge in [0.05, 0.1) is 6.54 Å². The van der Waals surface area contributed by atoms with Crippen LogP contribution >= 0.6 is 11.6 Å². The number of halogens is 1. The summed E-state index contributed by atoms with van der Waals surface area (Å²) in [5.74, 6) is 0.814. The van der Waals surface area contributed by atoms with Gasteiger partial charge in [0.25, 0.3) is 0 Å². The lowest BCUT2D eigenvalue weighted by atomic mass is 10.1. The molecular formula is C17H18ClNO2. The molecule has 0 aliphatic heterocycles. The zero-order chi connectivity index (χ0) is 14.9. The number of benzene rings is 2. The van der Waals surface area contributed by atoms with Crippen LogP contribution in [0, 0.1) is 0 Å². The van der Waals surface area contributed by atoms with Crippen molar-refractivity contribution in [1.29, 1.82) is 0 Å². The summed E-state index contributed by atoms with van der Waals surface area (Å²) in [6.07, 6.45) is 1.07. The minimum absolute atomic E-state index is 0.00609. The summed E-state index contributed by atoms with van der Waals surface area (Å²) in [5.41, 5.74) is 0.995. The molecule has 0 bridgehead atoms. The number of hydrogen-bond donors (Lipinski definition) is 1. The number of ether oxygens (including phenoxy) is 1. The van der Waals surface area contributed by atoms with Crippen LogP contribution in [0.1, 0.15) is 12.0 Å². The molecule has 110 valence electrons. The molecule has 1 amide bonds. The van der Waals surface area contributed by atoms with Crippen LogP contribution < -0.4 is 10.1 Å². The minimum atomic E-state index is 0.00609. The van der Waals surface area contributed by atoms with E-state index < -0.39 is 0 Å². The Bertz CT molecular complexity index is 572. The fraction of sp³-hybridized carbons (Fsp3) is 0.235. The van der Waals surface area contributed by atoms with Crippen LogP contribution in [-0.2, 0) is 11.2 Å². The highest BCUT2D eigenvalue weighted by Gasteiger charge is 2.04. The second-order valence-electron chi connectivity index (χ2n) is 4.60. The maximum atomic E-state index is 11.7. The summed E-state index contributed by atoms with van der Waals surface area (Å²) in [6.45, 7) is 0.956. The Balaban J connectivity index is 1.63. The van der Waals surface area contributed by atoms with E-state index in [-0.39, 0.29) is 5.91 Å². The summed E-state index contributed by atoms with van der Waals surface area (Å²) < 4.78 is 5.50. The first-order chi connectivity index (χ1) is 10.3. The molecule has 0 saturated carbocycles. The molecule has 2 aromatic carbocycles. The lowest BCUT2D eigenvalue weighted by molar-refractivity contribution is -0.121. The van der Waals surface area contributed by atoms with Gasteiger partial charge in [-0.25, -0.2) is 0 Å². The van der Waals surface area contributed by atoms with Crippen LogP contribution in [-0.4, -0.2) is 19.1 Å². The highest BCUT2D eigenvalue weighted by atomic mass is 35.5. The topological polar surface area (TPSA) is 38.3 Å². The van der Waals surface area contributed by atoms with Crippen molar-refractivity contribution in [2.75, 3.05) is 13.2 Å². The predicted molar refractivity (Wildman–Crippen MR) is 84.7 cm³/mol. The normalized spacial score (nSPS) is 10.1. The third-order valence-electron chi connectivity index (χ3n) is 3.02. The molecule has 4 heteroatoms. The number of aryl methyl sites for hydroxylation is 1. The first-order valence-electron chi connectivity index (χ1n) is 6.93. The Morgan fingerprint density at radius 3 is 2.52 bits per heavy atom. The van der Waals surface area contributed by atoms with E-state index >= 15 is 0 Å².